The Morgan fingerprint density at radius 2 is 1.80 bits per heavy atom. The Kier molecular flexibility index (Phi) is 5.95. The Morgan fingerprint density at radius 1 is 1.04 bits per heavy atom. The molecule has 25 heavy (non-hydrogen) atoms. The fourth-order valence-corrected chi connectivity index (χ4v) is 3.20. The molecule has 1 atom stereocenters. The molecule has 1 aliphatic rings. The standard InChI is InChI=1S/C21H28N2O2/c1-4-24-19-9-10-20-17(15-19)11-12-22-21(20)16-5-7-18(8-6-16)25-14-13-23(2)3/h5-10,15,21-22H,4,11-14H2,1-3H3. The zero-order chi connectivity index (χ0) is 17.6. The van der Waals surface area contributed by atoms with Crippen LogP contribution in [0.3, 0.4) is 0 Å². The first kappa shape index (κ1) is 17.8. The van der Waals surface area contributed by atoms with Crippen molar-refractivity contribution in [2.75, 3.05) is 40.4 Å². The van der Waals surface area contributed by atoms with E-state index in [0.717, 1.165) is 31.0 Å². The van der Waals surface area contributed by atoms with Gasteiger partial charge >= 0.3 is 0 Å². The van der Waals surface area contributed by atoms with E-state index in [2.05, 4.69) is 66.8 Å². The van der Waals surface area contributed by atoms with Crippen LogP contribution in [0.1, 0.15) is 29.7 Å². The SMILES string of the molecule is CCOc1ccc2c(c1)CCNC2c1ccc(OCCN(C)C)cc1. The van der Waals surface area contributed by atoms with E-state index in [9.17, 15) is 0 Å². The van der Waals surface area contributed by atoms with Crippen molar-refractivity contribution in [1.29, 1.82) is 0 Å². The molecule has 4 nitrogen and oxygen atoms in total. The second-order valence-electron chi connectivity index (χ2n) is 6.65. The number of hydrogen-bond donors (Lipinski definition) is 1. The lowest BCUT2D eigenvalue weighted by Crippen LogP contribution is -2.30. The molecule has 0 radical (unpaired) electrons. The maximum atomic E-state index is 5.79. The molecule has 2 aromatic carbocycles. The van der Waals surface area contributed by atoms with Gasteiger partial charge in [-0.05, 0) is 68.4 Å². The normalized spacial score (nSPS) is 16.6. The first-order valence-electron chi connectivity index (χ1n) is 9.04. The van der Waals surface area contributed by atoms with E-state index >= 15 is 0 Å². The van der Waals surface area contributed by atoms with E-state index in [4.69, 9.17) is 9.47 Å². The molecule has 0 aliphatic carbocycles. The highest BCUT2D eigenvalue weighted by Gasteiger charge is 2.21. The van der Waals surface area contributed by atoms with Crippen LogP contribution in [0.5, 0.6) is 11.5 Å². The largest absolute Gasteiger partial charge is 0.494 e. The monoisotopic (exact) mass is 340 g/mol. The molecule has 0 saturated carbocycles. The van der Waals surface area contributed by atoms with Crippen LogP contribution in [0, 0.1) is 0 Å². The Labute approximate surface area is 150 Å². The summed E-state index contributed by atoms with van der Waals surface area (Å²) in [4.78, 5) is 2.12. The van der Waals surface area contributed by atoms with Crippen LogP contribution in [0.4, 0.5) is 0 Å². The molecule has 1 unspecified atom stereocenters. The minimum Gasteiger partial charge on any atom is -0.494 e. The van der Waals surface area contributed by atoms with Crippen LogP contribution in [0.25, 0.3) is 0 Å². The van der Waals surface area contributed by atoms with E-state index in [0.29, 0.717) is 13.2 Å². The first-order chi connectivity index (χ1) is 12.2. The van der Waals surface area contributed by atoms with Gasteiger partial charge < -0.3 is 19.7 Å². The van der Waals surface area contributed by atoms with Crippen LogP contribution in [-0.2, 0) is 6.42 Å². The van der Waals surface area contributed by atoms with Crippen LogP contribution in [0.2, 0.25) is 0 Å². The Hall–Kier alpha value is -2.04. The average molecular weight is 340 g/mol. The maximum absolute atomic E-state index is 5.79. The molecular weight excluding hydrogens is 312 g/mol. The third-order valence-corrected chi connectivity index (χ3v) is 4.50. The zero-order valence-electron chi connectivity index (χ0n) is 15.4. The molecule has 0 fully saturated rings. The molecule has 0 amide bonds. The van der Waals surface area contributed by atoms with Gasteiger partial charge in [0.05, 0.1) is 12.6 Å². The van der Waals surface area contributed by atoms with E-state index in [1.54, 1.807) is 0 Å². The molecule has 3 rings (SSSR count). The number of benzene rings is 2. The third-order valence-electron chi connectivity index (χ3n) is 4.50. The van der Waals surface area contributed by atoms with Gasteiger partial charge in [0.25, 0.3) is 0 Å². The minimum atomic E-state index is 0.232. The molecule has 0 aromatic heterocycles. The van der Waals surface area contributed by atoms with Gasteiger partial charge in [0.15, 0.2) is 0 Å². The molecule has 134 valence electrons. The van der Waals surface area contributed by atoms with Crippen LogP contribution in [0.15, 0.2) is 42.5 Å². The lowest BCUT2D eigenvalue weighted by Gasteiger charge is -2.28. The molecular formula is C21H28N2O2. The number of rotatable bonds is 7. The van der Waals surface area contributed by atoms with Crippen molar-refractivity contribution in [3.05, 3.63) is 59.2 Å². The summed E-state index contributed by atoms with van der Waals surface area (Å²) in [6.45, 7) is 5.33. The van der Waals surface area contributed by atoms with Crippen LogP contribution >= 0.6 is 0 Å². The number of nitrogens with one attached hydrogen (secondary N) is 1. The summed E-state index contributed by atoms with van der Waals surface area (Å²) in [5.41, 5.74) is 3.99. The van der Waals surface area contributed by atoms with Crippen molar-refractivity contribution in [3.8, 4) is 11.5 Å². The van der Waals surface area contributed by atoms with Gasteiger partial charge in [-0.2, -0.15) is 0 Å². The van der Waals surface area contributed by atoms with E-state index in [-0.39, 0.29) is 6.04 Å². The van der Waals surface area contributed by atoms with E-state index in [1.807, 2.05) is 6.92 Å². The molecule has 4 heteroatoms. The van der Waals surface area contributed by atoms with Crippen molar-refractivity contribution in [1.82, 2.24) is 10.2 Å². The maximum Gasteiger partial charge on any atom is 0.119 e. The van der Waals surface area contributed by atoms with Crippen LogP contribution < -0.4 is 14.8 Å². The number of fused-ring (bicyclic) bond motifs is 1. The average Bonchev–Trinajstić information content (AvgIpc) is 2.62. The summed E-state index contributed by atoms with van der Waals surface area (Å²) in [6.07, 6.45) is 1.04. The zero-order valence-corrected chi connectivity index (χ0v) is 15.4. The summed E-state index contributed by atoms with van der Waals surface area (Å²) < 4.78 is 11.4. The molecule has 2 aromatic rings. The predicted octanol–water partition coefficient (Wildman–Crippen LogP) is 3.26. The lowest BCUT2D eigenvalue weighted by atomic mass is 9.90. The summed E-state index contributed by atoms with van der Waals surface area (Å²) >= 11 is 0. The third kappa shape index (κ3) is 4.53. The molecule has 0 spiro atoms. The number of nitrogens with zero attached hydrogens (tertiary/aromatic N) is 1. The molecule has 1 N–H and O–H groups in total. The number of hydrogen-bond acceptors (Lipinski definition) is 4. The smallest absolute Gasteiger partial charge is 0.119 e. The van der Waals surface area contributed by atoms with Gasteiger partial charge in [-0.25, -0.2) is 0 Å². The number of likely N-dealkylation sites (N-methyl/N-ethyl adjacent to an activating group) is 1. The fourth-order valence-electron chi connectivity index (χ4n) is 3.20. The summed E-state index contributed by atoms with van der Waals surface area (Å²) in [5.74, 6) is 1.89. The van der Waals surface area contributed by atoms with Crippen LogP contribution in [-0.4, -0.2) is 45.3 Å². The van der Waals surface area contributed by atoms with Crippen molar-refractivity contribution >= 4 is 0 Å². The van der Waals surface area contributed by atoms with Gasteiger partial charge in [-0.15, -0.1) is 0 Å². The summed E-state index contributed by atoms with van der Waals surface area (Å²) in [7, 11) is 4.10. The molecule has 1 aliphatic heterocycles. The van der Waals surface area contributed by atoms with Gasteiger partial charge in [-0.1, -0.05) is 18.2 Å². The number of ether oxygens (including phenoxy) is 2. The van der Waals surface area contributed by atoms with Crippen molar-refractivity contribution < 1.29 is 9.47 Å². The lowest BCUT2D eigenvalue weighted by molar-refractivity contribution is 0.261. The Balaban J connectivity index is 1.72. The van der Waals surface area contributed by atoms with Crippen molar-refractivity contribution in [3.63, 3.8) is 0 Å². The van der Waals surface area contributed by atoms with Gasteiger partial charge in [0.2, 0.25) is 0 Å². The topological polar surface area (TPSA) is 33.7 Å². The Morgan fingerprint density at radius 3 is 2.52 bits per heavy atom. The van der Waals surface area contributed by atoms with Gasteiger partial charge in [0.1, 0.15) is 18.1 Å². The highest BCUT2D eigenvalue weighted by atomic mass is 16.5. The van der Waals surface area contributed by atoms with E-state index in [1.165, 1.54) is 16.7 Å². The highest BCUT2D eigenvalue weighted by molar-refractivity contribution is 5.44. The van der Waals surface area contributed by atoms with Crippen molar-refractivity contribution in [2.24, 2.45) is 0 Å². The predicted molar refractivity (Wildman–Crippen MR) is 102 cm³/mol. The van der Waals surface area contributed by atoms with E-state index < -0.39 is 0 Å². The summed E-state index contributed by atoms with van der Waals surface area (Å²) in [5, 5.41) is 3.63. The second kappa shape index (κ2) is 8.37. The molecule has 0 saturated heterocycles. The summed E-state index contributed by atoms with van der Waals surface area (Å²) in [6, 6.07) is 15.1. The Bertz CT molecular complexity index is 683. The minimum absolute atomic E-state index is 0.232. The fraction of sp³-hybridized carbons (Fsp3) is 0.429. The molecule has 0 bridgehead atoms. The first-order valence-corrected chi connectivity index (χ1v) is 9.04. The highest BCUT2D eigenvalue weighted by Crippen LogP contribution is 2.31. The molecule has 1 heterocycles. The van der Waals surface area contributed by atoms with Gasteiger partial charge in [-0.3, -0.25) is 0 Å². The quantitative estimate of drug-likeness (QED) is 0.839. The van der Waals surface area contributed by atoms with Gasteiger partial charge in [0, 0.05) is 13.1 Å². The van der Waals surface area contributed by atoms with Crippen molar-refractivity contribution in [2.45, 2.75) is 19.4 Å². The second-order valence-corrected chi connectivity index (χ2v) is 6.65.